The van der Waals surface area contributed by atoms with Crippen LogP contribution in [0.4, 0.5) is 5.82 Å². The smallest absolute Gasteiger partial charge is 0.309 e. The molecule has 22 heavy (non-hydrogen) atoms. The Hall–Kier alpha value is -2.41. The quantitative estimate of drug-likeness (QED) is 0.879. The monoisotopic (exact) mass is 302 g/mol. The predicted octanol–water partition coefficient (Wildman–Crippen LogP) is 0.790. The van der Waals surface area contributed by atoms with Crippen LogP contribution in [0.5, 0.6) is 0 Å². The zero-order valence-corrected chi connectivity index (χ0v) is 12.2. The number of nitrogens with zero attached hydrogens (tertiary/aromatic N) is 4. The molecule has 1 fully saturated rings. The number of carboxylic acid groups (broad SMARTS) is 1. The van der Waals surface area contributed by atoms with E-state index in [-0.39, 0.29) is 6.42 Å². The van der Waals surface area contributed by atoms with Crippen LogP contribution in [0.2, 0.25) is 0 Å². The number of aliphatic carboxylic acids is 1. The molecular weight excluding hydrogens is 284 g/mol. The lowest BCUT2D eigenvalue weighted by molar-refractivity contribution is -0.136. The van der Waals surface area contributed by atoms with Gasteiger partial charge in [-0.1, -0.05) is 35.5 Å². The Balaban J connectivity index is 1.88. The van der Waals surface area contributed by atoms with Gasteiger partial charge in [-0.05, 0) is 5.56 Å². The Morgan fingerprint density at radius 2 is 1.95 bits per heavy atom. The van der Waals surface area contributed by atoms with Crippen molar-refractivity contribution in [3.05, 3.63) is 41.6 Å². The van der Waals surface area contributed by atoms with Crippen LogP contribution in [0.15, 0.2) is 30.3 Å². The molecule has 1 aliphatic rings. The highest BCUT2D eigenvalue weighted by Crippen LogP contribution is 2.20. The Bertz CT molecular complexity index is 635. The Morgan fingerprint density at radius 1 is 1.23 bits per heavy atom. The normalized spacial score (nSPS) is 15.0. The molecule has 1 saturated heterocycles. The van der Waals surface area contributed by atoms with E-state index in [0.29, 0.717) is 44.4 Å². The van der Waals surface area contributed by atoms with E-state index in [2.05, 4.69) is 10.3 Å². The van der Waals surface area contributed by atoms with E-state index < -0.39 is 5.97 Å². The van der Waals surface area contributed by atoms with E-state index in [1.807, 2.05) is 35.2 Å². The molecule has 2 heterocycles. The lowest BCUT2D eigenvalue weighted by atomic mass is 10.2. The van der Waals surface area contributed by atoms with Crippen LogP contribution >= 0.6 is 0 Å². The third kappa shape index (κ3) is 3.25. The van der Waals surface area contributed by atoms with Crippen molar-refractivity contribution >= 4 is 11.8 Å². The van der Waals surface area contributed by atoms with Crippen molar-refractivity contribution in [2.24, 2.45) is 0 Å². The van der Waals surface area contributed by atoms with Crippen LogP contribution in [0.1, 0.15) is 11.3 Å². The summed E-state index contributed by atoms with van der Waals surface area (Å²) in [5.74, 6) is -0.229. The van der Waals surface area contributed by atoms with Crippen LogP contribution < -0.4 is 4.90 Å². The zero-order valence-electron chi connectivity index (χ0n) is 12.2. The van der Waals surface area contributed by atoms with Crippen molar-refractivity contribution in [1.29, 1.82) is 0 Å². The highest BCUT2D eigenvalue weighted by molar-refractivity contribution is 5.71. The molecule has 3 rings (SSSR count). The van der Waals surface area contributed by atoms with Gasteiger partial charge in [-0.25, -0.2) is 4.68 Å². The van der Waals surface area contributed by atoms with Crippen molar-refractivity contribution < 1.29 is 14.6 Å². The molecule has 7 nitrogen and oxygen atoms in total. The second kappa shape index (κ2) is 6.57. The van der Waals surface area contributed by atoms with Gasteiger partial charge in [0, 0.05) is 13.1 Å². The second-order valence-electron chi connectivity index (χ2n) is 5.17. The molecule has 0 radical (unpaired) electrons. The summed E-state index contributed by atoms with van der Waals surface area (Å²) in [5, 5.41) is 17.6. The minimum Gasteiger partial charge on any atom is -0.481 e. The minimum atomic E-state index is -0.883. The number of ether oxygens (including phenoxy) is 1. The fourth-order valence-corrected chi connectivity index (χ4v) is 2.54. The Kier molecular flexibility index (Phi) is 4.34. The highest BCUT2D eigenvalue weighted by atomic mass is 16.5. The zero-order chi connectivity index (χ0) is 15.4. The molecule has 0 spiro atoms. The molecular formula is C15H18N4O3. The highest BCUT2D eigenvalue weighted by Gasteiger charge is 2.22. The third-order valence-corrected chi connectivity index (χ3v) is 3.62. The maximum atomic E-state index is 11.2. The number of rotatable bonds is 5. The van der Waals surface area contributed by atoms with E-state index in [9.17, 15) is 9.90 Å². The minimum absolute atomic E-state index is 0.0907. The summed E-state index contributed by atoms with van der Waals surface area (Å²) in [5.41, 5.74) is 1.70. The first kappa shape index (κ1) is 14.5. The lowest BCUT2D eigenvalue weighted by Crippen LogP contribution is -2.37. The Morgan fingerprint density at radius 3 is 2.64 bits per heavy atom. The lowest BCUT2D eigenvalue weighted by Gasteiger charge is -2.27. The fraction of sp³-hybridized carbons (Fsp3) is 0.400. The summed E-state index contributed by atoms with van der Waals surface area (Å²) < 4.78 is 7.01. The van der Waals surface area contributed by atoms with E-state index in [0.717, 1.165) is 5.56 Å². The van der Waals surface area contributed by atoms with Crippen LogP contribution in [-0.2, 0) is 22.5 Å². The maximum Gasteiger partial charge on any atom is 0.309 e. The van der Waals surface area contributed by atoms with E-state index in [1.54, 1.807) is 4.68 Å². The molecule has 0 bridgehead atoms. The number of aromatic nitrogens is 3. The largest absolute Gasteiger partial charge is 0.481 e. The van der Waals surface area contributed by atoms with Crippen LogP contribution in [0, 0.1) is 0 Å². The molecule has 0 amide bonds. The number of morpholine rings is 1. The number of carboxylic acids is 1. The van der Waals surface area contributed by atoms with Gasteiger partial charge in [0.25, 0.3) is 0 Å². The number of hydrogen-bond donors (Lipinski definition) is 1. The van der Waals surface area contributed by atoms with Gasteiger partial charge in [0.1, 0.15) is 0 Å². The summed E-state index contributed by atoms with van der Waals surface area (Å²) in [4.78, 5) is 13.2. The molecule has 0 atom stereocenters. The third-order valence-electron chi connectivity index (χ3n) is 3.62. The number of carbonyl (C=O) groups is 1. The van der Waals surface area contributed by atoms with Gasteiger partial charge >= 0.3 is 5.97 Å². The van der Waals surface area contributed by atoms with Crippen molar-refractivity contribution in [2.75, 3.05) is 31.2 Å². The van der Waals surface area contributed by atoms with Gasteiger partial charge in [-0.15, -0.1) is 5.10 Å². The average molecular weight is 302 g/mol. The van der Waals surface area contributed by atoms with Crippen molar-refractivity contribution in [2.45, 2.75) is 13.0 Å². The number of anilines is 1. The first-order valence-electron chi connectivity index (χ1n) is 7.25. The predicted molar refractivity (Wildman–Crippen MR) is 79.9 cm³/mol. The van der Waals surface area contributed by atoms with Crippen molar-refractivity contribution in [3.8, 4) is 0 Å². The van der Waals surface area contributed by atoms with Gasteiger partial charge in [0.05, 0.1) is 31.9 Å². The fourth-order valence-electron chi connectivity index (χ4n) is 2.54. The van der Waals surface area contributed by atoms with Gasteiger partial charge in [0.2, 0.25) is 0 Å². The molecule has 1 N–H and O–H groups in total. The molecule has 1 aliphatic heterocycles. The number of benzene rings is 1. The Labute approximate surface area is 128 Å². The van der Waals surface area contributed by atoms with Crippen LogP contribution in [0.3, 0.4) is 0 Å². The molecule has 0 unspecified atom stereocenters. The molecule has 2 aromatic rings. The number of hydrogen-bond acceptors (Lipinski definition) is 5. The molecule has 1 aromatic heterocycles. The van der Waals surface area contributed by atoms with Crippen molar-refractivity contribution in [3.63, 3.8) is 0 Å². The van der Waals surface area contributed by atoms with Gasteiger partial charge in [-0.3, -0.25) is 4.79 Å². The summed E-state index contributed by atoms with van der Waals surface area (Å²) in [6.07, 6.45) is -0.0907. The van der Waals surface area contributed by atoms with E-state index in [1.165, 1.54) is 0 Å². The first-order chi connectivity index (χ1) is 10.7. The molecule has 116 valence electrons. The van der Waals surface area contributed by atoms with Gasteiger partial charge in [0.15, 0.2) is 5.82 Å². The van der Waals surface area contributed by atoms with Crippen molar-refractivity contribution in [1.82, 2.24) is 15.0 Å². The standard InChI is InChI=1S/C15H18N4O3/c20-14(21)10-13-15(18-6-8-22-9-7-18)16-17-19(13)11-12-4-2-1-3-5-12/h1-5H,6-11H2,(H,20,21). The average Bonchev–Trinajstić information content (AvgIpc) is 2.91. The summed E-state index contributed by atoms with van der Waals surface area (Å²) in [6, 6.07) is 9.82. The van der Waals surface area contributed by atoms with E-state index >= 15 is 0 Å². The molecule has 7 heteroatoms. The molecule has 1 aromatic carbocycles. The maximum absolute atomic E-state index is 11.2. The molecule has 0 aliphatic carbocycles. The second-order valence-corrected chi connectivity index (χ2v) is 5.17. The molecule has 0 saturated carbocycles. The van der Waals surface area contributed by atoms with E-state index in [4.69, 9.17) is 4.74 Å². The summed E-state index contributed by atoms with van der Waals surface area (Å²) in [6.45, 7) is 3.17. The summed E-state index contributed by atoms with van der Waals surface area (Å²) >= 11 is 0. The van der Waals surface area contributed by atoms with Crippen LogP contribution in [-0.4, -0.2) is 52.4 Å². The first-order valence-corrected chi connectivity index (χ1v) is 7.25. The van der Waals surface area contributed by atoms with Gasteiger partial charge < -0.3 is 14.7 Å². The summed E-state index contributed by atoms with van der Waals surface area (Å²) in [7, 11) is 0. The topological polar surface area (TPSA) is 80.5 Å². The van der Waals surface area contributed by atoms with Crippen LogP contribution in [0.25, 0.3) is 0 Å². The SMILES string of the molecule is O=C(O)Cc1c(N2CCOCC2)nnn1Cc1ccccc1. The van der Waals surface area contributed by atoms with Gasteiger partial charge in [-0.2, -0.15) is 0 Å².